The minimum atomic E-state index is 0.733. The van der Waals surface area contributed by atoms with Gasteiger partial charge < -0.3 is 0 Å². The predicted molar refractivity (Wildman–Crippen MR) is 112 cm³/mol. The van der Waals surface area contributed by atoms with Crippen LogP contribution in [0, 0.1) is 20.8 Å². The Hall–Kier alpha value is 0.550. The maximum atomic E-state index is 4.93. The second-order valence-corrected chi connectivity index (χ2v) is 12.2. The van der Waals surface area contributed by atoms with E-state index < -0.39 is 0 Å². The molecule has 0 bridgehead atoms. The summed E-state index contributed by atoms with van der Waals surface area (Å²) in [6.07, 6.45) is 5.13. The van der Waals surface area contributed by atoms with Crippen molar-refractivity contribution in [3.63, 3.8) is 0 Å². The Morgan fingerprint density at radius 1 is 0.739 bits per heavy atom. The fourth-order valence-corrected chi connectivity index (χ4v) is 9.08. The molecular weight excluding hydrogens is 358 g/mol. The lowest BCUT2D eigenvalue weighted by atomic mass is 9.96. The van der Waals surface area contributed by atoms with Crippen LogP contribution in [0.25, 0.3) is 0 Å². The van der Waals surface area contributed by atoms with E-state index in [1.54, 1.807) is 0 Å². The Labute approximate surface area is 158 Å². The zero-order chi connectivity index (χ0) is 16.2. The lowest BCUT2D eigenvalue weighted by molar-refractivity contribution is 0.920. The summed E-state index contributed by atoms with van der Waals surface area (Å²) in [5.74, 6) is 5.32. The number of hydrogen-bond donors (Lipinski definition) is 0. The Morgan fingerprint density at radius 3 is 1.52 bits per heavy atom. The fraction of sp³-hybridized carbons (Fsp3) is 0.722. The normalized spacial score (nSPS) is 20.8. The van der Waals surface area contributed by atoms with Crippen LogP contribution in [-0.2, 0) is 12.8 Å². The lowest BCUT2D eigenvalue weighted by Gasteiger charge is -2.26. The van der Waals surface area contributed by atoms with Crippen LogP contribution in [0.1, 0.15) is 40.9 Å². The summed E-state index contributed by atoms with van der Waals surface area (Å²) in [7, 11) is 0. The molecule has 5 heteroatoms. The zero-order valence-corrected chi connectivity index (χ0v) is 17.7. The predicted octanol–water partition coefficient (Wildman–Crippen LogP) is 5.48. The van der Waals surface area contributed by atoms with E-state index in [2.05, 4.69) is 67.8 Å². The van der Waals surface area contributed by atoms with Crippen LogP contribution in [0.5, 0.6) is 0 Å². The molecule has 0 spiro atoms. The molecule has 0 aliphatic carbocycles. The lowest BCUT2D eigenvalue weighted by Crippen LogP contribution is -2.16. The molecule has 3 rings (SSSR count). The molecule has 128 valence electrons. The Morgan fingerprint density at radius 2 is 1.13 bits per heavy atom. The quantitative estimate of drug-likeness (QED) is 0.678. The highest BCUT2D eigenvalue weighted by atomic mass is 32.2. The van der Waals surface area contributed by atoms with Crippen LogP contribution >= 0.6 is 47.0 Å². The number of rotatable bonds is 4. The van der Waals surface area contributed by atoms with Crippen molar-refractivity contribution in [3.05, 3.63) is 28.1 Å². The van der Waals surface area contributed by atoms with Crippen LogP contribution < -0.4 is 0 Å². The third-order valence-corrected chi connectivity index (χ3v) is 10.5. The first-order valence-corrected chi connectivity index (χ1v) is 12.8. The van der Waals surface area contributed by atoms with Gasteiger partial charge in [-0.3, -0.25) is 4.98 Å². The summed E-state index contributed by atoms with van der Waals surface area (Å²) in [6, 6.07) is 0. The van der Waals surface area contributed by atoms with Gasteiger partial charge in [-0.2, -0.15) is 0 Å². The van der Waals surface area contributed by atoms with Gasteiger partial charge >= 0.3 is 0 Å². The molecule has 1 aromatic heterocycles. The molecule has 0 atom stereocenters. The zero-order valence-electron chi connectivity index (χ0n) is 14.4. The van der Waals surface area contributed by atoms with Gasteiger partial charge in [-0.05, 0) is 86.2 Å². The van der Waals surface area contributed by atoms with Crippen LogP contribution in [-0.4, -0.2) is 37.2 Å². The van der Waals surface area contributed by atoms with Gasteiger partial charge in [-0.1, -0.05) is 0 Å². The van der Waals surface area contributed by atoms with E-state index in [0.717, 1.165) is 9.16 Å². The van der Waals surface area contributed by atoms with Gasteiger partial charge in [0.25, 0.3) is 0 Å². The minimum absolute atomic E-state index is 0.733. The van der Waals surface area contributed by atoms with Gasteiger partial charge in [0, 0.05) is 11.4 Å². The summed E-state index contributed by atoms with van der Waals surface area (Å²) in [6.45, 7) is 6.77. The molecule has 0 radical (unpaired) electrons. The van der Waals surface area contributed by atoms with Crippen molar-refractivity contribution >= 4 is 47.0 Å². The van der Waals surface area contributed by atoms with Gasteiger partial charge in [0.1, 0.15) is 0 Å². The summed E-state index contributed by atoms with van der Waals surface area (Å²) in [4.78, 5) is 4.93. The van der Waals surface area contributed by atoms with Gasteiger partial charge in [0.05, 0.1) is 9.16 Å². The number of hydrogen-bond acceptors (Lipinski definition) is 5. The monoisotopic (exact) mass is 385 g/mol. The van der Waals surface area contributed by atoms with E-state index >= 15 is 0 Å². The molecule has 0 N–H and O–H groups in total. The number of thioether (sulfide) groups is 4. The molecule has 0 aromatic carbocycles. The smallest absolute Gasteiger partial charge is 0.0543 e. The van der Waals surface area contributed by atoms with E-state index in [0.29, 0.717) is 0 Å². The summed E-state index contributed by atoms with van der Waals surface area (Å²) in [5, 5.41) is 0. The highest BCUT2D eigenvalue weighted by molar-refractivity contribution is 8.17. The molecule has 2 aliphatic rings. The van der Waals surface area contributed by atoms with Crippen molar-refractivity contribution in [2.45, 2.75) is 55.6 Å². The van der Waals surface area contributed by atoms with Gasteiger partial charge in [-0.15, -0.1) is 47.0 Å². The highest BCUT2D eigenvalue weighted by Crippen LogP contribution is 2.37. The Kier molecular flexibility index (Phi) is 7.00. The van der Waals surface area contributed by atoms with E-state index in [9.17, 15) is 0 Å². The van der Waals surface area contributed by atoms with E-state index in [1.165, 1.54) is 76.8 Å². The molecule has 0 amide bonds. The topological polar surface area (TPSA) is 12.9 Å². The van der Waals surface area contributed by atoms with Crippen molar-refractivity contribution in [1.82, 2.24) is 4.98 Å². The average Bonchev–Trinajstić information content (AvgIpc) is 2.57. The van der Waals surface area contributed by atoms with Gasteiger partial charge in [0.15, 0.2) is 0 Å². The second-order valence-electron chi connectivity index (χ2n) is 6.32. The maximum Gasteiger partial charge on any atom is 0.0543 e. The van der Waals surface area contributed by atoms with Crippen molar-refractivity contribution in [1.29, 1.82) is 0 Å². The number of aryl methyl sites for hydroxylation is 2. The Bertz CT molecular complexity index is 490. The molecule has 3 heterocycles. The van der Waals surface area contributed by atoms with Crippen LogP contribution in [0.4, 0.5) is 0 Å². The second kappa shape index (κ2) is 8.77. The SMILES string of the molecule is Cc1nc(C)c(CC2SCCCS2)c(C)c1CC1SCCCS1. The molecule has 2 fully saturated rings. The number of aromatic nitrogens is 1. The van der Waals surface area contributed by atoms with E-state index in [4.69, 9.17) is 4.98 Å². The summed E-state index contributed by atoms with van der Waals surface area (Å²) in [5.41, 5.74) is 7.12. The molecule has 2 saturated heterocycles. The first-order valence-electron chi connectivity index (χ1n) is 8.57. The van der Waals surface area contributed by atoms with Crippen LogP contribution in [0.15, 0.2) is 0 Å². The molecule has 0 unspecified atom stereocenters. The first-order chi connectivity index (χ1) is 11.1. The minimum Gasteiger partial charge on any atom is -0.258 e. The fourth-order valence-electron chi connectivity index (χ4n) is 3.36. The standard InChI is InChI=1S/C18H27NS4/c1-12-15(10-17-20-6-4-7-21-17)13(2)19-14(3)16(12)11-18-22-8-5-9-23-18/h17-18H,4-11H2,1-3H3. The highest BCUT2D eigenvalue weighted by Gasteiger charge is 2.22. The molecule has 0 saturated carbocycles. The van der Waals surface area contributed by atoms with Crippen molar-refractivity contribution < 1.29 is 0 Å². The summed E-state index contributed by atoms with van der Waals surface area (Å²) >= 11 is 8.59. The van der Waals surface area contributed by atoms with Gasteiger partial charge in [0.2, 0.25) is 0 Å². The third-order valence-electron chi connectivity index (χ3n) is 4.65. The van der Waals surface area contributed by atoms with Crippen molar-refractivity contribution in [2.75, 3.05) is 23.0 Å². The molecule has 23 heavy (non-hydrogen) atoms. The maximum absolute atomic E-state index is 4.93. The van der Waals surface area contributed by atoms with Crippen molar-refractivity contribution in [3.8, 4) is 0 Å². The Balaban J connectivity index is 1.79. The molecular formula is C18H27NS4. The molecule has 2 aliphatic heterocycles. The van der Waals surface area contributed by atoms with Crippen LogP contribution in [0.3, 0.4) is 0 Å². The van der Waals surface area contributed by atoms with E-state index in [-0.39, 0.29) is 0 Å². The number of nitrogens with zero attached hydrogens (tertiary/aromatic N) is 1. The van der Waals surface area contributed by atoms with E-state index in [1.807, 2.05) is 0 Å². The average molecular weight is 386 g/mol. The third kappa shape index (κ3) is 4.80. The van der Waals surface area contributed by atoms with Gasteiger partial charge in [-0.25, -0.2) is 0 Å². The molecule has 1 nitrogen and oxygen atoms in total. The van der Waals surface area contributed by atoms with Crippen LogP contribution in [0.2, 0.25) is 0 Å². The molecule has 1 aromatic rings. The number of pyridine rings is 1. The van der Waals surface area contributed by atoms with Crippen molar-refractivity contribution in [2.24, 2.45) is 0 Å². The largest absolute Gasteiger partial charge is 0.258 e. The first kappa shape index (κ1) is 18.3. The summed E-state index contributed by atoms with van der Waals surface area (Å²) < 4.78 is 1.47.